The standard InChI is InChI=1S/C10H17N5O3S/c1-10(16,6-19-3)5-13-8-7(15(17)18)4-12-9(11-2)14-8/h4,16H,5-6H2,1-3H3,(H2,11,12,13,14). The van der Waals surface area contributed by atoms with E-state index in [1.807, 2.05) is 6.26 Å². The molecule has 1 atom stereocenters. The maximum atomic E-state index is 10.9. The number of thioether (sulfide) groups is 1. The van der Waals surface area contributed by atoms with Gasteiger partial charge in [-0.15, -0.1) is 0 Å². The summed E-state index contributed by atoms with van der Waals surface area (Å²) in [5.74, 6) is 0.876. The molecule has 8 nitrogen and oxygen atoms in total. The lowest BCUT2D eigenvalue weighted by atomic mass is 10.1. The highest BCUT2D eigenvalue weighted by atomic mass is 32.2. The average Bonchev–Trinajstić information content (AvgIpc) is 2.35. The zero-order valence-corrected chi connectivity index (χ0v) is 11.8. The molecule has 0 fully saturated rings. The highest BCUT2D eigenvalue weighted by Gasteiger charge is 2.23. The van der Waals surface area contributed by atoms with Crippen molar-refractivity contribution in [2.24, 2.45) is 0 Å². The van der Waals surface area contributed by atoms with Gasteiger partial charge in [0.05, 0.1) is 10.5 Å². The van der Waals surface area contributed by atoms with Gasteiger partial charge in [0.2, 0.25) is 11.8 Å². The van der Waals surface area contributed by atoms with Gasteiger partial charge in [0.15, 0.2) is 0 Å². The number of rotatable bonds is 7. The van der Waals surface area contributed by atoms with Gasteiger partial charge in [-0.25, -0.2) is 4.98 Å². The first-order chi connectivity index (χ1) is 8.89. The van der Waals surface area contributed by atoms with Gasteiger partial charge >= 0.3 is 5.69 Å². The van der Waals surface area contributed by atoms with Crippen LogP contribution < -0.4 is 10.6 Å². The third kappa shape index (κ3) is 4.52. The van der Waals surface area contributed by atoms with E-state index < -0.39 is 10.5 Å². The van der Waals surface area contributed by atoms with Crippen molar-refractivity contribution in [2.45, 2.75) is 12.5 Å². The number of nitro groups is 1. The molecule has 0 radical (unpaired) electrons. The van der Waals surface area contributed by atoms with Crippen molar-refractivity contribution in [1.82, 2.24) is 9.97 Å². The second-order valence-corrected chi connectivity index (χ2v) is 5.08. The van der Waals surface area contributed by atoms with E-state index in [2.05, 4.69) is 20.6 Å². The van der Waals surface area contributed by atoms with Gasteiger partial charge < -0.3 is 15.7 Å². The summed E-state index contributed by atoms with van der Waals surface area (Å²) in [6, 6.07) is 0. The van der Waals surface area contributed by atoms with E-state index in [0.29, 0.717) is 5.75 Å². The van der Waals surface area contributed by atoms with Crippen molar-refractivity contribution >= 4 is 29.2 Å². The van der Waals surface area contributed by atoms with Crippen LogP contribution in [0.25, 0.3) is 0 Å². The van der Waals surface area contributed by atoms with Crippen LogP contribution in [-0.2, 0) is 0 Å². The summed E-state index contributed by atoms with van der Waals surface area (Å²) < 4.78 is 0. The summed E-state index contributed by atoms with van der Waals surface area (Å²) in [7, 11) is 1.62. The predicted octanol–water partition coefficient (Wildman–Crippen LogP) is 0.952. The lowest BCUT2D eigenvalue weighted by Gasteiger charge is -2.22. The zero-order chi connectivity index (χ0) is 14.5. The maximum Gasteiger partial charge on any atom is 0.329 e. The SMILES string of the molecule is CNc1ncc([N+](=O)[O-])c(NCC(C)(O)CSC)n1. The van der Waals surface area contributed by atoms with Crippen molar-refractivity contribution < 1.29 is 10.0 Å². The smallest absolute Gasteiger partial charge is 0.329 e. The largest absolute Gasteiger partial charge is 0.387 e. The van der Waals surface area contributed by atoms with Gasteiger partial charge in [0.1, 0.15) is 6.20 Å². The number of aliphatic hydroxyl groups is 1. The molecule has 0 saturated carbocycles. The first-order valence-corrected chi connectivity index (χ1v) is 6.93. The van der Waals surface area contributed by atoms with E-state index in [9.17, 15) is 15.2 Å². The molecular formula is C10H17N5O3S. The second kappa shape index (κ2) is 6.53. The van der Waals surface area contributed by atoms with Crippen LogP contribution in [0.1, 0.15) is 6.92 Å². The number of nitrogens with zero attached hydrogens (tertiary/aromatic N) is 3. The lowest BCUT2D eigenvalue weighted by molar-refractivity contribution is -0.384. The highest BCUT2D eigenvalue weighted by molar-refractivity contribution is 7.98. The predicted molar refractivity (Wildman–Crippen MR) is 75.7 cm³/mol. The van der Waals surface area contributed by atoms with Crippen molar-refractivity contribution in [2.75, 3.05) is 36.2 Å². The minimum Gasteiger partial charge on any atom is -0.387 e. The van der Waals surface area contributed by atoms with Crippen LogP contribution in [0.15, 0.2) is 6.20 Å². The molecule has 1 unspecified atom stereocenters. The van der Waals surface area contributed by atoms with Gasteiger partial charge in [-0.1, -0.05) is 0 Å². The van der Waals surface area contributed by atoms with E-state index >= 15 is 0 Å². The van der Waals surface area contributed by atoms with Gasteiger partial charge in [0.25, 0.3) is 0 Å². The normalized spacial score (nSPS) is 13.7. The first-order valence-electron chi connectivity index (χ1n) is 5.54. The summed E-state index contributed by atoms with van der Waals surface area (Å²) in [6.07, 6.45) is 3.01. The van der Waals surface area contributed by atoms with Crippen LogP contribution in [0.5, 0.6) is 0 Å². The number of hydrogen-bond acceptors (Lipinski definition) is 8. The summed E-state index contributed by atoms with van der Waals surface area (Å²) in [5, 5.41) is 26.4. The van der Waals surface area contributed by atoms with E-state index in [4.69, 9.17) is 0 Å². The molecule has 0 amide bonds. The topological polar surface area (TPSA) is 113 Å². The molecule has 0 aliphatic rings. The maximum absolute atomic E-state index is 10.9. The van der Waals surface area contributed by atoms with Crippen molar-refractivity contribution in [1.29, 1.82) is 0 Å². The van der Waals surface area contributed by atoms with Crippen molar-refractivity contribution in [3.05, 3.63) is 16.3 Å². The first kappa shape index (κ1) is 15.4. The van der Waals surface area contributed by atoms with Crippen LogP contribution >= 0.6 is 11.8 Å². The molecular weight excluding hydrogens is 270 g/mol. The lowest BCUT2D eigenvalue weighted by Crippen LogP contribution is -2.36. The highest BCUT2D eigenvalue weighted by Crippen LogP contribution is 2.23. The molecule has 1 rings (SSSR count). The Labute approximate surface area is 115 Å². The summed E-state index contributed by atoms with van der Waals surface area (Å²) >= 11 is 1.49. The number of hydrogen-bond donors (Lipinski definition) is 3. The number of aromatic nitrogens is 2. The Bertz CT molecular complexity index is 455. The Hall–Kier alpha value is -1.61. The number of anilines is 2. The molecule has 1 heterocycles. The zero-order valence-electron chi connectivity index (χ0n) is 11.0. The molecule has 19 heavy (non-hydrogen) atoms. The fourth-order valence-electron chi connectivity index (χ4n) is 1.40. The van der Waals surface area contributed by atoms with Gasteiger partial charge in [-0.2, -0.15) is 16.7 Å². The quantitative estimate of drug-likeness (QED) is 0.502. The monoisotopic (exact) mass is 287 g/mol. The molecule has 0 aliphatic carbocycles. The second-order valence-electron chi connectivity index (χ2n) is 4.22. The minimum atomic E-state index is -0.974. The molecule has 0 bridgehead atoms. The molecule has 0 spiro atoms. The van der Waals surface area contributed by atoms with E-state index in [0.717, 1.165) is 6.20 Å². The molecule has 3 N–H and O–H groups in total. The van der Waals surface area contributed by atoms with Gasteiger partial charge in [0, 0.05) is 19.3 Å². The number of nitrogens with one attached hydrogen (secondary N) is 2. The summed E-state index contributed by atoms with van der Waals surface area (Å²) in [5.41, 5.74) is -1.20. The molecule has 0 aromatic carbocycles. The molecule has 0 saturated heterocycles. The molecule has 1 aromatic rings. The summed E-state index contributed by atoms with van der Waals surface area (Å²) in [4.78, 5) is 18.1. The van der Waals surface area contributed by atoms with Crippen molar-refractivity contribution in [3.8, 4) is 0 Å². The third-order valence-electron chi connectivity index (χ3n) is 2.28. The minimum absolute atomic E-state index is 0.0886. The van der Waals surface area contributed by atoms with Gasteiger partial charge in [-0.3, -0.25) is 10.1 Å². The average molecular weight is 287 g/mol. The molecule has 9 heteroatoms. The Balaban J connectivity index is 2.89. The van der Waals surface area contributed by atoms with Crippen LogP contribution in [0.3, 0.4) is 0 Å². The molecule has 0 aliphatic heterocycles. The van der Waals surface area contributed by atoms with E-state index in [1.165, 1.54) is 11.8 Å². The van der Waals surface area contributed by atoms with Crippen molar-refractivity contribution in [3.63, 3.8) is 0 Å². The Kier molecular flexibility index (Phi) is 5.31. The Morgan fingerprint density at radius 2 is 2.32 bits per heavy atom. The van der Waals surface area contributed by atoms with E-state index in [1.54, 1.807) is 14.0 Å². The fourth-order valence-corrected chi connectivity index (χ4v) is 2.12. The van der Waals surface area contributed by atoms with Crippen LogP contribution in [0, 0.1) is 10.1 Å². The van der Waals surface area contributed by atoms with Gasteiger partial charge in [-0.05, 0) is 13.2 Å². The molecule has 1 aromatic heterocycles. The third-order valence-corrected chi connectivity index (χ3v) is 3.19. The Morgan fingerprint density at radius 1 is 1.63 bits per heavy atom. The molecule has 106 valence electrons. The van der Waals surface area contributed by atoms with Crippen LogP contribution in [0.4, 0.5) is 17.5 Å². The Morgan fingerprint density at radius 3 is 2.84 bits per heavy atom. The van der Waals surface area contributed by atoms with Crippen LogP contribution in [0.2, 0.25) is 0 Å². The summed E-state index contributed by atoms with van der Waals surface area (Å²) in [6.45, 7) is 1.82. The fraction of sp³-hybridized carbons (Fsp3) is 0.600. The van der Waals surface area contributed by atoms with E-state index in [-0.39, 0.29) is 24.0 Å². The van der Waals surface area contributed by atoms with Crippen LogP contribution in [-0.4, -0.2) is 51.2 Å².